The lowest BCUT2D eigenvalue weighted by atomic mass is 9.99. The smallest absolute Gasteiger partial charge is 0.155 e. The molecule has 1 aromatic carbocycles. The largest absolute Gasteiger partial charge is 0.325 e. The van der Waals surface area contributed by atoms with Gasteiger partial charge >= 0.3 is 0 Å². The molecule has 0 unspecified atom stereocenters. The van der Waals surface area contributed by atoms with E-state index in [1.165, 1.54) is 16.8 Å². The summed E-state index contributed by atoms with van der Waals surface area (Å²) in [6.07, 6.45) is 2.31. The van der Waals surface area contributed by atoms with Gasteiger partial charge in [-0.15, -0.1) is 5.10 Å². The van der Waals surface area contributed by atoms with Crippen LogP contribution in [0, 0.1) is 6.92 Å². The molecule has 1 aliphatic rings. The molecule has 0 spiro atoms. The van der Waals surface area contributed by atoms with Crippen LogP contribution < -0.4 is 10.2 Å². The molecule has 0 bridgehead atoms. The zero-order chi connectivity index (χ0) is 13.9. The van der Waals surface area contributed by atoms with Gasteiger partial charge < -0.3 is 10.2 Å². The first-order valence-electron chi connectivity index (χ1n) is 7.12. The second kappa shape index (κ2) is 5.59. The maximum atomic E-state index is 4.38. The van der Waals surface area contributed by atoms with Crippen LogP contribution in [0.25, 0.3) is 0 Å². The highest BCUT2D eigenvalue weighted by atomic mass is 15.3. The van der Waals surface area contributed by atoms with Crippen LogP contribution in [0.4, 0.5) is 11.5 Å². The van der Waals surface area contributed by atoms with Gasteiger partial charge in [0.15, 0.2) is 5.82 Å². The predicted octanol–water partition coefficient (Wildman–Crippen LogP) is 2.59. The van der Waals surface area contributed by atoms with E-state index in [4.69, 9.17) is 0 Å². The van der Waals surface area contributed by atoms with Crippen molar-refractivity contribution in [2.24, 2.45) is 0 Å². The van der Waals surface area contributed by atoms with E-state index in [0.717, 1.165) is 37.4 Å². The van der Waals surface area contributed by atoms with Gasteiger partial charge in [0.2, 0.25) is 0 Å². The Hall–Kier alpha value is -1.94. The zero-order valence-corrected chi connectivity index (χ0v) is 12.1. The number of hydrogen-bond acceptors (Lipinski definition) is 4. The van der Waals surface area contributed by atoms with Crippen LogP contribution in [-0.2, 0) is 13.0 Å². The fourth-order valence-corrected chi connectivity index (χ4v) is 2.74. The number of rotatable bonds is 3. The summed E-state index contributed by atoms with van der Waals surface area (Å²) in [5, 5.41) is 11.7. The Morgan fingerprint density at radius 1 is 1.20 bits per heavy atom. The van der Waals surface area contributed by atoms with E-state index < -0.39 is 0 Å². The number of benzene rings is 1. The van der Waals surface area contributed by atoms with Crippen molar-refractivity contribution in [1.29, 1.82) is 0 Å². The summed E-state index contributed by atoms with van der Waals surface area (Å²) in [6.45, 7) is 3.91. The molecule has 4 heteroatoms. The molecule has 1 N–H and O–H groups in total. The fraction of sp³-hybridized carbons (Fsp3) is 0.375. The summed E-state index contributed by atoms with van der Waals surface area (Å²) < 4.78 is 0. The molecule has 0 amide bonds. The Morgan fingerprint density at radius 2 is 2.10 bits per heavy atom. The Bertz CT molecular complexity index is 592. The van der Waals surface area contributed by atoms with Crippen molar-refractivity contribution in [3.05, 3.63) is 47.2 Å². The topological polar surface area (TPSA) is 41.0 Å². The molecule has 0 saturated carbocycles. The molecule has 0 aliphatic carbocycles. The van der Waals surface area contributed by atoms with Crippen molar-refractivity contribution < 1.29 is 0 Å². The van der Waals surface area contributed by atoms with E-state index in [1.807, 2.05) is 13.1 Å². The van der Waals surface area contributed by atoms with Crippen molar-refractivity contribution in [1.82, 2.24) is 15.5 Å². The van der Waals surface area contributed by atoms with E-state index in [0.29, 0.717) is 0 Å². The lowest BCUT2D eigenvalue weighted by molar-refractivity contribution is 0.736. The van der Waals surface area contributed by atoms with Gasteiger partial charge in [-0.05, 0) is 50.6 Å². The van der Waals surface area contributed by atoms with Gasteiger partial charge in [0, 0.05) is 18.8 Å². The van der Waals surface area contributed by atoms with Crippen LogP contribution in [0.3, 0.4) is 0 Å². The molecule has 0 saturated heterocycles. The molecule has 104 valence electrons. The molecule has 2 heterocycles. The minimum absolute atomic E-state index is 0.753. The quantitative estimate of drug-likeness (QED) is 0.929. The number of fused-ring (bicyclic) bond motifs is 1. The molecule has 0 atom stereocenters. The Kier molecular flexibility index (Phi) is 3.65. The van der Waals surface area contributed by atoms with Crippen LogP contribution in [0.5, 0.6) is 0 Å². The number of aryl methyl sites for hydroxylation is 2. The molecular weight excluding hydrogens is 248 g/mol. The van der Waals surface area contributed by atoms with E-state index in [-0.39, 0.29) is 0 Å². The van der Waals surface area contributed by atoms with Crippen molar-refractivity contribution in [3.8, 4) is 0 Å². The molecular formula is C16H20N4. The Morgan fingerprint density at radius 3 is 2.85 bits per heavy atom. The first-order valence-corrected chi connectivity index (χ1v) is 7.12. The third kappa shape index (κ3) is 2.51. The van der Waals surface area contributed by atoms with Crippen LogP contribution in [0.2, 0.25) is 0 Å². The minimum Gasteiger partial charge on any atom is -0.325 e. The molecule has 2 aromatic rings. The second-order valence-electron chi connectivity index (χ2n) is 5.30. The number of hydrogen-bond donors (Lipinski definition) is 1. The Labute approximate surface area is 119 Å². The molecule has 4 nitrogen and oxygen atoms in total. The molecule has 20 heavy (non-hydrogen) atoms. The minimum atomic E-state index is 0.753. The third-order valence-corrected chi connectivity index (χ3v) is 3.69. The standard InChI is InChI=1S/C16H20N4/c1-12-5-7-15-13(10-12)4-3-9-20(15)16-8-6-14(11-17-2)18-19-16/h5-8,10,17H,3-4,9,11H2,1-2H3. The first kappa shape index (κ1) is 13.1. The summed E-state index contributed by atoms with van der Waals surface area (Å²) in [6, 6.07) is 10.8. The summed E-state index contributed by atoms with van der Waals surface area (Å²) >= 11 is 0. The highest BCUT2D eigenvalue weighted by molar-refractivity contribution is 5.65. The van der Waals surface area contributed by atoms with Gasteiger partial charge in [0.1, 0.15) is 0 Å². The summed E-state index contributed by atoms with van der Waals surface area (Å²) in [4.78, 5) is 2.27. The first-order chi connectivity index (χ1) is 9.78. The average molecular weight is 268 g/mol. The van der Waals surface area contributed by atoms with Crippen molar-refractivity contribution >= 4 is 11.5 Å². The Balaban J connectivity index is 1.92. The van der Waals surface area contributed by atoms with Crippen LogP contribution in [0.1, 0.15) is 23.2 Å². The summed E-state index contributed by atoms with van der Waals surface area (Å²) in [7, 11) is 1.92. The van der Waals surface area contributed by atoms with Crippen molar-refractivity contribution in [2.75, 3.05) is 18.5 Å². The number of aromatic nitrogens is 2. The highest BCUT2D eigenvalue weighted by Gasteiger charge is 2.19. The second-order valence-corrected chi connectivity index (χ2v) is 5.30. The van der Waals surface area contributed by atoms with E-state index >= 15 is 0 Å². The monoisotopic (exact) mass is 268 g/mol. The molecule has 0 fully saturated rings. The molecule has 3 rings (SSSR count). The van der Waals surface area contributed by atoms with Gasteiger partial charge in [-0.2, -0.15) is 5.10 Å². The lowest BCUT2D eigenvalue weighted by Crippen LogP contribution is -2.25. The average Bonchev–Trinajstić information content (AvgIpc) is 2.47. The van der Waals surface area contributed by atoms with E-state index in [9.17, 15) is 0 Å². The number of anilines is 2. The predicted molar refractivity (Wildman–Crippen MR) is 81.3 cm³/mol. The van der Waals surface area contributed by atoms with E-state index in [1.54, 1.807) is 0 Å². The highest BCUT2D eigenvalue weighted by Crippen LogP contribution is 2.32. The number of nitrogens with one attached hydrogen (secondary N) is 1. The normalized spacial score (nSPS) is 14.2. The molecule has 1 aliphatic heterocycles. The SMILES string of the molecule is CNCc1ccc(N2CCCc3cc(C)ccc32)nn1. The summed E-state index contributed by atoms with van der Waals surface area (Å²) in [5.74, 6) is 0.939. The lowest BCUT2D eigenvalue weighted by Gasteiger charge is -2.30. The van der Waals surface area contributed by atoms with Gasteiger partial charge in [-0.1, -0.05) is 17.7 Å². The van der Waals surface area contributed by atoms with Gasteiger partial charge in [-0.25, -0.2) is 0 Å². The third-order valence-electron chi connectivity index (χ3n) is 3.69. The van der Waals surface area contributed by atoms with Gasteiger partial charge in [0.05, 0.1) is 5.69 Å². The van der Waals surface area contributed by atoms with Gasteiger partial charge in [-0.3, -0.25) is 0 Å². The maximum absolute atomic E-state index is 4.38. The molecule has 0 radical (unpaired) electrons. The van der Waals surface area contributed by atoms with Crippen molar-refractivity contribution in [2.45, 2.75) is 26.3 Å². The fourth-order valence-electron chi connectivity index (χ4n) is 2.74. The van der Waals surface area contributed by atoms with Crippen LogP contribution in [0.15, 0.2) is 30.3 Å². The maximum Gasteiger partial charge on any atom is 0.155 e. The van der Waals surface area contributed by atoms with Crippen LogP contribution >= 0.6 is 0 Å². The van der Waals surface area contributed by atoms with Crippen molar-refractivity contribution in [3.63, 3.8) is 0 Å². The van der Waals surface area contributed by atoms with Gasteiger partial charge in [0.25, 0.3) is 0 Å². The number of nitrogens with zero attached hydrogens (tertiary/aromatic N) is 3. The molecule has 1 aromatic heterocycles. The summed E-state index contributed by atoms with van der Waals surface area (Å²) in [5.41, 5.74) is 4.98. The van der Waals surface area contributed by atoms with Crippen LogP contribution in [-0.4, -0.2) is 23.8 Å². The zero-order valence-electron chi connectivity index (χ0n) is 12.1. The van der Waals surface area contributed by atoms with E-state index in [2.05, 4.69) is 51.6 Å².